The molecule has 0 radical (unpaired) electrons. The van der Waals surface area contributed by atoms with E-state index in [2.05, 4.69) is 0 Å². The van der Waals surface area contributed by atoms with Crippen molar-refractivity contribution in [2.24, 2.45) is 0 Å². The summed E-state index contributed by atoms with van der Waals surface area (Å²) in [5, 5.41) is 0. The minimum absolute atomic E-state index is 0.738. The molecular formula is C13H13IO2. The number of benzene rings is 2. The fourth-order valence-electron chi connectivity index (χ4n) is 1.24. The van der Waals surface area contributed by atoms with Crippen LogP contribution < -0.4 is 3.07 Å². The monoisotopic (exact) mass is 328 g/mol. The maximum absolute atomic E-state index is 9.98. The van der Waals surface area contributed by atoms with E-state index in [1.165, 1.54) is 5.56 Å². The van der Waals surface area contributed by atoms with Crippen LogP contribution in [0.25, 0.3) is 0 Å². The number of halogens is 1. The molecule has 2 nitrogen and oxygen atoms in total. The van der Waals surface area contributed by atoms with Gasteiger partial charge in [-0.05, 0) is 0 Å². The normalized spacial score (nSPS) is 11.0. The van der Waals surface area contributed by atoms with Crippen LogP contribution in [0.5, 0.6) is 5.75 Å². The average molecular weight is 328 g/mol. The average Bonchev–Trinajstić information content (AvgIpc) is 2.33. The molecule has 0 heterocycles. The van der Waals surface area contributed by atoms with Crippen LogP contribution in [0.2, 0.25) is 0 Å². The summed E-state index contributed by atoms with van der Waals surface area (Å²) in [7, 11) is 0. The molecule has 0 saturated heterocycles. The zero-order valence-corrected chi connectivity index (χ0v) is 11.1. The van der Waals surface area contributed by atoms with Crippen LogP contribution in [0, 0.1) is 10.5 Å². The first-order valence-corrected chi connectivity index (χ1v) is 7.87. The Hall–Kier alpha value is -1.07. The number of aryl methyl sites for hydroxylation is 1. The van der Waals surface area contributed by atoms with Crippen LogP contribution in [0.4, 0.5) is 0 Å². The Balaban J connectivity index is 2.08. The molecule has 0 spiro atoms. The second-order valence-corrected chi connectivity index (χ2v) is 6.42. The van der Waals surface area contributed by atoms with Gasteiger partial charge in [0.2, 0.25) is 0 Å². The van der Waals surface area contributed by atoms with E-state index in [1.54, 1.807) is 0 Å². The second kappa shape index (κ2) is 5.32. The molecule has 3 heteroatoms. The summed E-state index contributed by atoms with van der Waals surface area (Å²) < 4.78 is 16.5. The van der Waals surface area contributed by atoms with E-state index in [1.807, 2.05) is 61.5 Å². The van der Waals surface area contributed by atoms with Crippen LogP contribution in [0.15, 0.2) is 54.6 Å². The molecule has 2 aromatic carbocycles. The second-order valence-electron chi connectivity index (χ2n) is 3.42. The van der Waals surface area contributed by atoms with Gasteiger partial charge in [0.1, 0.15) is 0 Å². The molecule has 0 aromatic heterocycles. The van der Waals surface area contributed by atoms with Crippen LogP contribution in [0.3, 0.4) is 0 Å². The summed E-state index contributed by atoms with van der Waals surface area (Å²) in [4.78, 5) is 0. The molecule has 0 amide bonds. The fourth-order valence-corrected chi connectivity index (χ4v) is 3.30. The van der Waals surface area contributed by atoms with Gasteiger partial charge in [0, 0.05) is 0 Å². The molecule has 0 unspecified atom stereocenters. The van der Waals surface area contributed by atoms with Gasteiger partial charge >= 0.3 is 104 Å². The van der Waals surface area contributed by atoms with Gasteiger partial charge in [-0.2, -0.15) is 0 Å². The van der Waals surface area contributed by atoms with Crippen LogP contribution in [-0.4, -0.2) is 3.44 Å². The van der Waals surface area contributed by atoms with Gasteiger partial charge in [-0.3, -0.25) is 0 Å². The van der Waals surface area contributed by atoms with Crippen molar-refractivity contribution in [3.63, 3.8) is 0 Å². The van der Waals surface area contributed by atoms with Gasteiger partial charge in [0.05, 0.1) is 0 Å². The quantitative estimate of drug-likeness (QED) is 0.873. The Bertz CT molecular complexity index is 439. The minimum atomic E-state index is -2.48. The molecule has 0 fully saturated rings. The molecule has 84 valence electrons. The molecule has 0 aliphatic rings. The summed E-state index contributed by atoms with van der Waals surface area (Å²) in [6.45, 7) is 2.02. The van der Waals surface area contributed by atoms with Gasteiger partial charge in [-0.15, -0.1) is 0 Å². The Morgan fingerprint density at radius 3 is 2.19 bits per heavy atom. The van der Waals surface area contributed by atoms with E-state index in [-0.39, 0.29) is 0 Å². The van der Waals surface area contributed by atoms with Crippen molar-refractivity contribution in [3.8, 4) is 5.75 Å². The molecule has 0 saturated carbocycles. The van der Waals surface area contributed by atoms with Crippen LogP contribution in [-0.2, 0) is 0 Å². The van der Waals surface area contributed by atoms with Crippen molar-refractivity contribution in [3.05, 3.63) is 63.7 Å². The zero-order valence-electron chi connectivity index (χ0n) is 8.93. The van der Waals surface area contributed by atoms with Gasteiger partial charge in [0.15, 0.2) is 0 Å². The van der Waals surface area contributed by atoms with E-state index in [9.17, 15) is 3.44 Å². The van der Waals surface area contributed by atoms with Gasteiger partial charge < -0.3 is 0 Å². The summed E-state index contributed by atoms with van der Waals surface area (Å²) in [6, 6.07) is 17.3. The molecule has 0 bridgehead atoms. The molecule has 16 heavy (non-hydrogen) atoms. The predicted molar refractivity (Wildman–Crippen MR) is 73.2 cm³/mol. The van der Waals surface area contributed by atoms with Crippen molar-refractivity contribution >= 4 is 20.6 Å². The van der Waals surface area contributed by atoms with E-state index in [0.29, 0.717) is 0 Å². The first-order valence-electron chi connectivity index (χ1n) is 4.95. The third kappa shape index (κ3) is 2.96. The van der Waals surface area contributed by atoms with E-state index < -0.39 is 20.6 Å². The van der Waals surface area contributed by atoms with Gasteiger partial charge in [-0.25, -0.2) is 0 Å². The Kier molecular flexibility index (Phi) is 3.79. The Morgan fingerprint density at radius 2 is 1.56 bits per heavy atom. The van der Waals surface area contributed by atoms with Crippen molar-refractivity contribution in [1.29, 1.82) is 0 Å². The van der Waals surface area contributed by atoms with Crippen LogP contribution >= 0.6 is 20.6 Å². The molecule has 1 N–H and O–H groups in total. The van der Waals surface area contributed by atoms with Gasteiger partial charge in [-0.1, -0.05) is 0 Å². The van der Waals surface area contributed by atoms with Crippen molar-refractivity contribution in [1.82, 2.24) is 0 Å². The molecule has 0 aliphatic heterocycles. The summed E-state index contributed by atoms with van der Waals surface area (Å²) in [6.07, 6.45) is 0. The van der Waals surface area contributed by atoms with E-state index >= 15 is 0 Å². The maximum atomic E-state index is 9.98. The Labute approximate surface area is 103 Å². The number of hydrogen-bond donors (Lipinski definition) is 1. The topological polar surface area (TPSA) is 29.5 Å². The third-order valence-electron chi connectivity index (χ3n) is 2.10. The molecular weight excluding hydrogens is 315 g/mol. The van der Waals surface area contributed by atoms with E-state index in [4.69, 9.17) is 3.07 Å². The first-order chi connectivity index (χ1) is 7.75. The van der Waals surface area contributed by atoms with Gasteiger partial charge in [0.25, 0.3) is 0 Å². The molecule has 0 atom stereocenters. The van der Waals surface area contributed by atoms with Crippen molar-refractivity contribution < 1.29 is 6.50 Å². The zero-order chi connectivity index (χ0) is 11.4. The number of hydrogen-bond acceptors (Lipinski definition) is 2. The molecule has 0 aliphatic carbocycles. The standard InChI is InChI=1S/C13H13IO2/c1-11-7-9-13(10-8-11)16-14(15)12-5-3-2-4-6-12/h2-10,15H,1H3. The predicted octanol–water partition coefficient (Wildman–Crippen LogP) is 3.57. The Morgan fingerprint density at radius 1 is 0.938 bits per heavy atom. The SMILES string of the molecule is Cc1ccc(OI(O)c2ccccc2)cc1. The molecule has 2 rings (SSSR count). The van der Waals surface area contributed by atoms with Crippen LogP contribution in [0.1, 0.15) is 5.56 Å². The summed E-state index contributed by atoms with van der Waals surface area (Å²) in [5.74, 6) is 0.738. The van der Waals surface area contributed by atoms with Crippen molar-refractivity contribution in [2.45, 2.75) is 6.92 Å². The fraction of sp³-hybridized carbons (Fsp3) is 0.0769. The summed E-state index contributed by atoms with van der Waals surface area (Å²) >= 11 is -2.48. The summed E-state index contributed by atoms with van der Waals surface area (Å²) in [5.41, 5.74) is 1.19. The molecule has 2 aromatic rings. The third-order valence-corrected chi connectivity index (χ3v) is 4.81. The first kappa shape index (κ1) is 11.4. The van der Waals surface area contributed by atoms with Crippen molar-refractivity contribution in [2.75, 3.05) is 0 Å². The number of rotatable bonds is 3. The van der Waals surface area contributed by atoms with E-state index in [0.717, 1.165) is 9.32 Å².